The molecule has 0 spiro atoms. The Kier molecular flexibility index (Phi) is 7.04. The van der Waals surface area contributed by atoms with Gasteiger partial charge in [0, 0.05) is 51.9 Å². The lowest BCUT2D eigenvalue weighted by Crippen LogP contribution is -2.55. The zero-order chi connectivity index (χ0) is 12.7. The van der Waals surface area contributed by atoms with Gasteiger partial charge in [-0.25, -0.2) is 0 Å². The lowest BCUT2D eigenvalue weighted by molar-refractivity contribution is 0.0668. The normalized spacial score (nSPS) is 25.1. The summed E-state index contributed by atoms with van der Waals surface area (Å²) in [6.07, 6.45) is 1.25. The zero-order valence-electron chi connectivity index (χ0n) is 11.9. The van der Waals surface area contributed by atoms with Crippen LogP contribution < -0.4 is 5.32 Å². The number of hydrogen-bond acceptors (Lipinski definition) is 4. The Bertz CT molecular complexity index is 201. The highest BCUT2D eigenvalue weighted by Gasteiger charge is 2.25. The first-order valence-corrected chi connectivity index (χ1v) is 6.83. The van der Waals surface area contributed by atoms with Crippen molar-refractivity contribution in [3.63, 3.8) is 0 Å². The van der Waals surface area contributed by atoms with E-state index in [1.165, 1.54) is 26.1 Å². The first-order valence-electron chi connectivity index (χ1n) is 6.83. The quantitative estimate of drug-likeness (QED) is 0.664. The molecule has 0 amide bonds. The van der Waals surface area contributed by atoms with Crippen molar-refractivity contribution in [2.75, 3.05) is 53.5 Å². The van der Waals surface area contributed by atoms with Gasteiger partial charge >= 0.3 is 0 Å². The van der Waals surface area contributed by atoms with Gasteiger partial charge in [0.15, 0.2) is 0 Å². The summed E-state index contributed by atoms with van der Waals surface area (Å²) in [6.45, 7) is 11.0. The molecular formula is C13H29N3O. The van der Waals surface area contributed by atoms with Crippen molar-refractivity contribution in [2.45, 2.75) is 32.4 Å². The SMILES string of the molecule is CCC1CN(C(C)CNCCOC)CCN1C. The summed E-state index contributed by atoms with van der Waals surface area (Å²) in [6, 6.07) is 1.35. The number of piperazine rings is 1. The number of ether oxygens (including phenoxy) is 1. The third-order valence-electron chi connectivity index (χ3n) is 3.83. The summed E-state index contributed by atoms with van der Waals surface area (Å²) in [7, 11) is 3.99. The molecule has 2 unspecified atom stereocenters. The van der Waals surface area contributed by atoms with Gasteiger partial charge in [-0.05, 0) is 20.4 Å². The second-order valence-electron chi connectivity index (χ2n) is 5.08. The van der Waals surface area contributed by atoms with Crippen LogP contribution in [-0.4, -0.2) is 75.4 Å². The predicted octanol–water partition coefficient (Wildman–Crippen LogP) is 0.637. The average Bonchev–Trinajstić information content (AvgIpc) is 2.35. The molecule has 1 aliphatic heterocycles. The summed E-state index contributed by atoms with van der Waals surface area (Å²) < 4.78 is 5.03. The molecule has 1 saturated heterocycles. The molecule has 17 heavy (non-hydrogen) atoms. The van der Waals surface area contributed by atoms with Crippen LogP contribution in [-0.2, 0) is 4.74 Å². The first-order chi connectivity index (χ1) is 8.19. The number of likely N-dealkylation sites (N-methyl/N-ethyl adjacent to an activating group) is 1. The fraction of sp³-hybridized carbons (Fsp3) is 1.00. The van der Waals surface area contributed by atoms with Crippen molar-refractivity contribution in [1.29, 1.82) is 0 Å². The Morgan fingerprint density at radius 1 is 1.41 bits per heavy atom. The topological polar surface area (TPSA) is 27.7 Å². The van der Waals surface area contributed by atoms with E-state index in [-0.39, 0.29) is 0 Å². The predicted molar refractivity (Wildman–Crippen MR) is 72.5 cm³/mol. The number of nitrogens with one attached hydrogen (secondary N) is 1. The van der Waals surface area contributed by atoms with E-state index in [2.05, 4.69) is 36.0 Å². The Hall–Kier alpha value is -0.160. The highest BCUT2D eigenvalue weighted by Crippen LogP contribution is 2.12. The Labute approximate surface area is 106 Å². The van der Waals surface area contributed by atoms with E-state index in [1.807, 2.05) is 0 Å². The van der Waals surface area contributed by atoms with Crippen molar-refractivity contribution in [3.8, 4) is 0 Å². The number of rotatable bonds is 7. The molecule has 1 N–H and O–H groups in total. The van der Waals surface area contributed by atoms with Crippen LogP contribution in [0.15, 0.2) is 0 Å². The molecule has 4 nitrogen and oxygen atoms in total. The maximum absolute atomic E-state index is 5.03. The monoisotopic (exact) mass is 243 g/mol. The summed E-state index contributed by atoms with van der Waals surface area (Å²) in [5, 5.41) is 3.45. The van der Waals surface area contributed by atoms with Crippen molar-refractivity contribution in [3.05, 3.63) is 0 Å². The average molecular weight is 243 g/mol. The van der Waals surface area contributed by atoms with Crippen molar-refractivity contribution < 1.29 is 4.74 Å². The fourth-order valence-corrected chi connectivity index (χ4v) is 2.43. The maximum atomic E-state index is 5.03. The smallest absolute Gasteiger partial charge is 0.0587 e. The Morgan fingerprint density at radius 2 is 2.18 bits per heavy atom. The van der Waals surface area contributed by atoms with Gasteiger partial charge in [-0.15, -0.1) is 0 Å². The minimum atomic E-state index is 0.620. The molecular weight excluding hydrogens is 214 g/mol. The van der Waals surface area contributed by atoms with Crippen LogP contribution in [0.25, 0.3) is 0 Å². The Morgan fingerprint density at radius 3 is 2.82 bits per heavy atom. The van der Waals surface area contributed by atoms with Crippen LogP contribution in [0.1, 0.15) is 20.3 Å². The summed E-state index contributed by atoms with van der Waals surface area (Å²) >= 11 is 0. The van der Waals surface area contributed by atoms with Crippen molar-refractivity contribution in [2.24, 2.45) is 0 Å². The molecule has 1 fully saturated rings. The third kappa shape index (κ3) is 4.92. The van der Waals surface area contributed by atoms with E-state index < -0.39 is 0 Å². The molecule has 0 radical (unpaired) electrons. The standard InChI is InChI=1S/C13H29N3O/c1-5-13-11-16(8-7-15(13)3)12(2)10-14-6-9-17-4/h12-14H,5-11H2,1-4H3. The second-order valence-corrected chi connectivity index (χ2v) is 5.08. The van der Waals surface area contributed by atoms with Gasteiger partial charge < -0.3 is 15.0 Å². The van der Waals surface area contributed by atoms with Gasteiger partial charge in [-0.2, -0.15) is 0 Å². The molecule has 1 heterocycles. The number of nitrogens with zero attached hydrogens (tertiary/aromatic N) is 2. The van der Waals surface area contributed by atoms with Gasteiger partial charge in [-0.3, -0.25) is 4.90 Å². The van der Waals surface area contributed by atoms with E-state index in [9.17, 15) is 0 Å². The summed E-state index contributed by atoms with van der Waals surface area (Å²) in [5.74, 6) is 0. The van der Waals surface area contributed by atoms with Crippen LogP contribution in [0.4, 0.5) is 0 Å². The van der Waals surface area contributed by atoms with E-state index in [1.54, 1.807) is 7.11 Å². The van der Waals surface area contributed by atoms with Gasteiger partial charge in [0.1, 0.15) is 0 Å². The molecule has 0 aromatic heterocycles. The van der Waals surface area contributed by atoms with Gasteiger partial charge in [-0.1, -0.05) is 6.92 Å². The van der Waals surface area contributed by atoms with Gasteiger partial charge in [0.25, 0.3) is 0 Å². The summed E-state index contributed by atoms with van der Waals surface area (Å²) in [4.78, 5) is 5.09. The van der Waals surface area contributed by atoms with Crippen LogP contribution >= 0.6 is 0 Å². The van der Waals surface area contributed by atoms with Crippen molar-refractivity contribution in [1.82, 2.24) is 15.1 Å². The molecule has 2 atom stereocenters. The van der Waals surface area contributed by atoms with E-state index in [0.29, 0.717) is 6.04 Å². The maximum Gasteiger partial charge on any atom is 0.0587 e. The highest BCUT2D eigenvalue weighted by molar-refractivity contribution is 4.82. The number of hydrogen-bond donors (Lipinski definition) is 1. The Balaban J connectivity index is 2.24. The van der Waals surface area contributed by atoms with Crippen LogP contribution in [0.3, 0.4) is 0 Å². The number of methoxy groups -OCH3 is 1. The summed E-state index contributed by atoms with van der Waals surface area (Å²) in [5.41, 5.74) is 0. The lowest BCUT2D eigenvalue weighted by atomic mass is 10.1. The molecule has 102 valence electrons. The zero-order valence-corrected chi connectivity index (χ0v) is 11.9. The van der Waals surface area contributed by atoms with Crippen molar-refractivity contribution >= 4 is 0 Å². The largest absolute Gasteiger partial charge is 0.383 e. The molecule has 1 aliphatic rings. The minimum Gasteiger partial charge on any atom is -0.383 e. The van der Waals surface area contributed by atoms with Crippen LogP contribution in [0, 0.1) is 0 Å². The minimum absolute atomic E-state index is 0.620. The van der Waals surface area contributed by atoms with E-state index >= 15 is 0 Å². The second kappa shape index (κ2) is 8.03. The van der Waals surface area contributed by atoms with Crippen LogP contribution in [0.5, 0.6) is 0 Å². The molecule has 0 aliphatic carbocycles. The lowest BCUT2D eigenvalue weighted by Gasteiger charge is -2.42. The van der Waals surface area contributed by atoms with E-state index in [0.717, 1.165) is 25.7 Å². The third-order valence-corrected chi connectivity index (χ3v) is 3.83. The molecule has 0 aromatic rings. The molecule has 1 rings (SSSR count). The molecule has 0 bridgehead atoms. The van der Waals surface area contributed by atoms with Crippen LogP contribution in [0.2, 0.25) is 0 Å². The fourth-order valence-electron chi connectivity index (χ4n) is 2.43. The molecule has 0 saturated carbocycles. The van der Waals surface area contributed by atoms with E-state index in [4.69, 9.17) is 4.74 Å². The van der Waals surface area contributed by atoms with Gasteiger partial charge in [0.2, 0.25) is 0 Å². The molecule has 0 aromatic carbocycles. The van der Waals surface area contributed by atoms with Gasteiger partial charge in [0.05, 0.1) is 6.61 Å². The molecule has 4 heteroatoms. The highest BCUT2D eigenvalue weighted by atomic mass is 16.5. The first kappa shape index (κ1) is 14.9.